The minimum absolute atomic E-state index is 0.359. The van der Waals surface area contributed by atoms with E-state index in [2.05, 4.69) is 18.2 Å². The van der Waals surface area contributed by atoms with Gasteiger partial charge in [0.15, 0.2) is 0 Å². The predicted octanol–water partition coefficient (Wildman–Crippen LogP) is 7.05. The lowest BCUT2D eigenvalue weighted by Crippen LogP contribution is -2.26. The van der Waals surface area contributed by atoms with Gasteiger partial charge in [-0.15, -0.1) is 0 Å². The van der Waals surface area contributed by atoms with E-state index in [1.807, 2.05) is 0 Å². The Morgan fingerprint density at radius 3 is 1.97 bits per heavy atom. The summed E-state index contributed by atoms with van der Waals surface area (Å²) in [4.78, 5) is 10.3. The first-order valence-electron chi connectivity index (χ1n) is 13.1. The molecule has 0 aromatic carbocycles. The van der Waals surface area contributed by atoms with Crippen LogP contribution in [0.5, 0.6) is 0 Å². The van der Waals surface area contributed by atoms with E-state index in [-0.39, 0.29) is 0 Å². The number of ether oxygens (including phenoxy) is 1. The molecule has 1 aromatic heterocycles. The number of pyridine rings is 1. The Kier molecular flexibility index (Phi) is 6.72. The second-order valence-corrected chi connectivity index (χ2v) is 10.5. The fourth-order valence-electron chi connectivity index (χ4n) is 6.90. The number of rotatable bonds is 5. The molecular formula is C27H40N2O. The van der Waals surface area contributed by atoms with E-state index in [9.17, 15) is 0 Å². The van der Waals surface area contributed by atoms with E-state index < -0.39 is 0 Å². The quantitative estimate of drug-likeness (QED) is 0.523. The number of hydrogen-bond acceptors (Lipinski definition) is 3. The highest BCUT2D eigenvalue weighted by Crippen LogP contribution is 2.45. The van der Waals surface area contributed by atoms with Crippen molar-refractivity contribution in [3.63, 3.8) is 0 Å². The number of aliphatic imine (C=N–C) groups is 1. The molecule has 0 amide bonds. The first-order chi connectivity index (χ1) is 14.9. The molecular weight excluding hydrogens is 368 g/mol. The zero-order chi connectivity index (χ0) is 20.2. The van der Waals surface area contributed by atoms with E-state index in [4.69, 9.17) is 14.7 Å². The zero-order valence-electron chi connectivity index (χ0n) is 18.7. The standard InChI is InChI=1S/C27H40N2O/c1-4-11-20(12-5-1)25-19-30-27(29-25)24-18-10-17-23(28-24)26(21-13-6-2-7-14-21)22-15-8-3-9-16-22/h10,17-18,20-22,25-26H,1-9,11-16,19H2/t25-/m0/s1. The normalized spacial score (nSPS) is 27.2. The van der Waals surface area contributed by atoms with Gasteiger partial charge >= 0.3 is 0 Å². The lowest BCUT2D eigenvalue weighted by Gasteiger charge is -2.37. The fourth-order valence-corrected chi connectivity index (χ4v) is 6.90. The average Bonchev–Trinajstić information content (AvgIpc) is 3.32. The van der Waals surface area contributed by atoms with Crippen LogP contribution in [0.25, 0.3) is 0 Å². The molecule has 0 spiro atoms. The number of aromatic nitrogens is 1. The van der Waals surface area contributed by atoms with Crippen molar-refractivity contribution in [2.24, 2.45) is 22.7 Å². The summed E-state index contributed by atoms with van der Waals surface area (Å²) in [6.07, 6.45) is 20.8. The van der Waals surface area contributed by atoms with Crippen LogP contribution in [0.2, 0.25) is 0 Å². The van der Waals surface area contributed by atoms with E-state index >= 15 is 0 Å². The van der Waals surface area contributed by atoms with Crippen LogP contribution < -0.4 is 0 Å². The van der Waals surface area contributed by atoms with Crippen molar-refractivity contribution >= 4 is 5.90 Å². The van der Waals surface area contributed by atoms with Crippen molar-refractivity contribution in [1.82, 2.24) is 4.98 Å². The average molecular weight is 409 g/mol. The fraction of sp³-hybridized carbons (Fsp3) is 0.778. The SMILES string of the molecule is c1cc(C2=N[C@H](C3CCCCC3)CO2)nc(C(C2CCCCC2)C2CCCCC2)c1. The molecule has 3 heteroatoms. The number of hydrogen-bond donors (Lipinski definition) is 0. The lowest BCUT2D eigenvalue weighted by molar-refractivity contribution is 0.199. The van der Waals surface area contributed by atoms with E-state index in [0.717, 1.165) is 36.0 Å². The molecule has 3 saturated carbocycles. The molecule has 3 fully saturated rings. The summed E-state index contributed by atoms with van der Waals surface area (Å²) in [7, 11) is 0. The summed E-state index contributed by atoms with van der Waals surface area (Å²) in [5.74, 6) is 3.83. The van der Waals surface area contributed by atoms with Crippen LogP contribution in [-0.2, 0) is 4.74 Å². The van der Waals surface area contributed by atoms with E-state index in [1.54, 1.807) is 0 Å². The van der Waals surface area contributed by atoms with Gasteiger partial charge in [-0.25, -0.2) is 9.98 Å². The van der Waals surface area contributed by atoms with Crippen LogP contribution in [0.15, 0.2) is 23.2 Å². The van der Waals surface area contributed by atoms with Gasteiger partial charge in [0.25, 0.3) is 0 Å². The Hall–Kier alpha value is -1.38. The van der Waals surface area contributed by atoms with Gasteiger partial charge in [-0.3, -0.25) is 0 Å². The molecule has 0 saturated heterocycles. The summed E-state index contributed by atoms with van der Waals surface area (Å²) in [6.45, 7) is 0.764. The summed E-state index contributed by atoms with van der Waals surface area (Å²) in [5.41, 5.74) is 2.32. The molecule has 0 radical (unpaired) electrons. The smallest absolute Gasteiger partial charge is 0.235 e. The molecule has 1 atom stereocenters. The molecule has 164 valence electrons. The van der Waals surface area contributed by atoms with Crippen molar-refractivity contribution < 1.29 is 4.74 Å². The molecule has 30 heavy (non-hydrogen) atoms. The third-order valence-electron chi connectivity index (χ3n) is 8.51. The number of nitrogens with zero attached hydrogens (tertiary/aromatic N) is 2. The van der Waals surface area contributed by atoms with Crippen molar-refractivity contribution in [3.05, 3.63) is 29.6 Å². The molecule has 1 aromatic rings. The molecule has 2 heterocycles. The van der Waals surface area contributed by atoms with E-state index in [1.165, 1.54) is 102 Å². The van der Waals surface area contributed by atoms with Gasteiger partial charge in [-0.1, -0.05) is 63.9 Å². The van der Waals surface area contributed by atoms with Crippen LogP contribution in [0, 0.1) is 17.8 Å². The molecule has 1 aliphatic heterocycles. The second kappa shape index (κ2) is 9.83. The third kappa shape index (κ3) is 4.60. The molecule has 3 aliphatic carbocycles. The van der Waals surface area contributed by atoms with Crippen molar-refractivity contribution in [2.45, 2.75) is 108 Å². The van der Waals surface area contributed by atoms with Crippen LogP contribution in [-0.4, -0.2) is 23.5 Å². The molecule has 4 aliphatic rings. The summed E-state index contributed by atoms with van der Waals surface area (Å²) < 4.78 is 6.12. The maximum Gasteiger partial charge on any atom is 0.235 e. The minimum Gasteiger partial charge on any atom is -0.474 e. The maximum atomic E-state index is 6.12. The van der Waals surface area contributed by atoms with Crippen LogP contribution in [0.3, 0.4) is 0 Å². The molecule has 0 bridgehead atoms. The minimum atomic E-state index is 0.359. The highest BCUT2D eigenvalue weighted by atomic mass is 16.5. The van der Waals surface area contributed by atoms with Crippen molar-refractivity contribution in [2.75, 3.05) is 6.61 Å². The van der Waals surface area contributed by atoms with E-state index in [0.29, 0.717) is 12.0 Å². The molecule has 0 unspecified atom stereocenters. The highest BCUT2D eigenvalue weighted by molar-refractivity contribution is 5.93. The topological polar surface area (TPSA) is 34.5 Å². The highest BCUT2D eigenvalue weighted by Gasteiger charge is 2.34. The maximum absolute atomic E-state index is 6.12. The van der Waals surface area contributed by atoms with Gasteiger partial charge in [0, 0.05) is 11.6 Å². The van der Waals surface area contributed by atoms with Crippen LogP contribution in [0.1, 0.15) is 114 Å². The van der Waals surface area contributed by atoms with Gasteiger partial charge in [-0.05, 0) is 68.4 Å². The Morgan fingerprint density at radius 2 is 1.33 bits per heavy atom. The summed E-state index contributed by atoms with van der Waals surface area (Å²) >= 11 is 0. The van der Waals surface area contributed by atoms with Gasteiger partial charge < -0.3 is 4.74 Å². The van der Waals surface area contributed by atoms with Crippen molar-refractivity contribution in [3.8, 4) is 0 Å². The first kappa shape index (κ1) is 20.5. The molecule has 5 rings (SSSR count). The van der Waals surface area contributed by atoms with Gasteiger partial charge in [-0.2, -0.15) is 0 Å². The van der Waals surface area contributed by atoms with Crippen molar-refractivity contribution in [1.29, 1.82) is 0 Å². The first-order valence-corrected chi connectivity index (χ1v) is 13.1. The monoisotopic (exact) mass is 408 g/mol. The Balaban J connectivity index is 1.37. The molecule has 0 N–H and O–H groups in total. The largest absolute Gasteiger partial charge is 0.474 e. The Labute approximate surface area is 183 Å². The van der Waals surface area contributed by atoms with Gasteiger partial charge in [0.1, 0.15) is 12.3 Å². The summed E-state index contributed by atoms with van der Waals surface area (Å²) in [6, 6.07) is 7.02. The summed E-state index contributed by atoms with van der Waals surface area (Å²) in [5, 5.41) is 0. The third-order valence-corrected chi connectivity index (χ3v) is 8.51. The Morgan fingerprint density at radius 1 is 0.733 bits per heavy atom. The zero-order valence-corrected chi connectivity index (χ0v) is 18.7. The second-order valence-electron chi connectivity index (χ2n) is 10.5. The van der Waals surface area contributed by atoms with Crippen LogP contribution in [0.4, 0.5) is 0 Å². The van der Waals surface area contributed by atoms with Crippen LogP contribution >= 0.6 is 0 Å². The molecule has 3 nitrogen and oxygen atoms in total. The lowest BCUT2D eigenvalue weighted by atomic mass is 9.68. The van der Waals surface area contributed by atoms with Gasteiger partial charge in [0.2, 0.25) is 5.90 Å². The predicted molar refractivity (Wildman–Crippen MR) is 123 cm³/mol. The Bertz CT molecular complexity index is 693. The van der Waals surface area contributed by atoms with Gasteiger partial charge in [0.05, 0.1) is 6.04 Å².